The molecule has 2 aliphatic carbocycles. The highest BCUT2D eigenvalue weighted by Crippen LogP contribution is 2.34. The van der Waals surface area contributed by atoms with Crippen molar-refractivity contribution >= 4 is 5.91 Å². The molecule has 1 saturated carbocycles. The predicted molar refractivity (Wildman–Crippen MR) is 100 cm³/mol. The minimum absolute atomic E-state index is 0.152. The maximum Gasteiger partial charge on any atom is 0.254 e. The number of benzene rings is 1. The SMILES string of the molecule is CCC(C)Oc1ccc(C(=O)N(C2CC2)C2CCc3[nH]ncc3C2)cc1. The Bertz CT molecular complexity index is 764. The first-order valence-corrected chi connectivity index (χ1v) is 9.76. The molecule has 2 unspecified atom stereocenters. The molecular weight excluding hydrogens is 326 g/mol. The monoisotopic (exact) mass is 353 g/mol. The minimum Gasteiger partial charge on any atom is -0.491 e. The number of rotatable bonds is 6. The summed E-state index contributed by atoms with van der Waals surface area (Å²) in [4.78, 5) is 15.4. The summed E-state index contributed by atoms with van der Waals surface area (Å²) in [5.74, 6) is 0.981. The van der Waals surface area contributed by atoms with Crippen molar-refractivity contribution < 1.29 is 9.53 Å². The Morgan fingerprint density at radius 2 is 2.04 bits per heavy atom. The highest BCUT2D eigenvalue weighted by atomic mass is 16.5. The topological polar surface area (TPSA) is 58.2 Å². The summed E-state index contributed by atoms with van der Waals surface area (Å²) in [7, 11) is 0. The fraction of sp³-hybridized carbons (Fsp3) is 0.524. The highest BCUT2D eigenvalue weighted by Gasteiger charge is 2.39. The molecule has 2 atom stereocenters. The number of amides is 1. The van der Waals surface area contributed by atoms with Crippen LogP contribution in [-0.2, 0) is 12.8 Å². The second-order valence-electron chi connectivity index (χ2n) is 7.58. The molecule has 0 spiro atoms. The third kappa shape index (κ3) is 3.48. The third-order valence-electron chi connectivity index (χ3n) is 5.57. The molecule has 0 bridgehead atoms. The van der Waals surface area contributed by atoms with Crippen LogP contribution >= 0.6 is 0 Å². The lowest BCUT2D eigenvalue weighted by Crippen LogP contribution is -2.44. The third-order valence-corrected chi connectivity index (χ3v) is 5.57. The van der Waals surface area contributed by atoms with Crippen LogP contribution in [0, 0.1) is 0 Å². The summed E-state index contributed by atoms with van der Waals surface area (Å²) >= 11 is 0. The van der Waals surface area contributed by atoms with Gasteiger partial charge in [-0.05, 0) is 75.3 Å². The van der Waals surface area contributed by atoms with Gasteiger partial charge in [-0.1, -0.05) is 6.92 Å². The average molecular weight is 353 g/mol. The Balaban J connectivity index is 1.49. The molecular formula is C21H27N3O2. The number of nitrogens with zero attached hydrogens (tertiary/aromatic N) is 2. The van der Waals surface area contributed by atoms with Crippen LogP contribution < -0.4 is 4.74 Å². The van der Waals surface area contributed by atoms with Crippen molar-refractivity contribution in [1.82, 2.24) is 15.1 Å². The van der Waals surface area contributed by atoms with Gasteiger partial charge in [0.05, 0.1) is 12.3 Å². The van der Waals surface area contributed by atoms with Gasteiger partial charge in [0.15, 0.2) is 0 Å². The number of aromatic amines is 1. The predicted octanol–water partition coefficient (Wildman–Crippen LogP) is 3.75. The van der Waals surface area contributed by atoms with E-state index in [1.165, 1.54) is 11.3 Å². The second kappa shape index (κ2) is 7.14. The quantitative estimate of drug-likeness (QED) is 0.860. The van der Waals surface area contributed by atoms with Crippen molar-refractivity contribution in [3.8, 4) is 5.75 Å². The molecule has 5 heteroatoms. The first-order chi connectivity index (χ1) is 12.7. The highest BCUT2D eigenvalue weighted by molar-refractivity contribution is 5.95. The normalized spacial score (nSPS) is 20.3. The zero-order chi connectivity index (χ0) is 18.1. The summed E-state index contributed by atoms with van der Waals surface area (Å²) in [5.41, 5.74) is 3.25. The number of aromatic nitrogens is 2. The van der Waals surface area contributed by atoms with Crippen molar-refractivity contribution in [1.29, 1.82) is 0 Å². The fourth-order valence-corrected chi connectivity index (χ4v) is 3.76. The number of aryl methyl sites for hydroxylation is 1. The Hall–Kier alpha value is -2.30. The number of hydrogen-bond acceptors (Lipinski definition) is 3. The Kier molecular flexibility index (Phi) is 4.70. The molecule has 1 aromatic heterocycles. The molecule has 1 fully saturated rings. The maximum atomic E-state index is 13.2. The Morgan fingerprint density at radius 3 is 2.73 bits per heavy atom. The van der Waals surface area contributed by atoms with Crippen LogP contribution in [0.15, 0.2) is 30.5 Å². The van der Waals surface area contributed by atoms with E-state index in [2.05, 4.69) is 28.9 Å². The first-order valence-electron chi connectivity index (χ1n) is 9.76. The van der Waals surface area contributed by atoms with Crippen molar-refractivity contribution in [2.24, 2.45) is 0 Å². The lowest BCUT2D eigenvalue weighted by molar-refractivity contribution is 0.0642. The number of fused-ring (bicyclic) bond motifs is 1. The molecule has 0 saturated heterocycles. The smallest absolute Gasteiger partial charge is 0.254 e. The van der Waals surface area contributed by atoms with Gasteiger partial charge in [-0.2, -0.15) is 5.10 Å². The van der Waals surface area contributed by atoms with Crippen LogP contribution in [-0.4, -0.2) is 39.2 Å². The van der Waals surface area contributed by atoms with Crippen LogP contribution in [0.5, 0.6) is 5.75 Å². The molecule has 1 aromatic carbocycles. The van der Waals surface area contributed by atoms with Crippen molar-refractivity contribution in [3.63, 3.8) is 0 Å². The zero-order valence-electron chi connectivity index (χ0n) is 15.6. The molecule has 2 aliphatic rings. The van der Waals surface area contributed by atoms with Crippen LogP contribution in [0.3, 0.4) is 0 Å². The van der Waals surface area contributed by atoms with Gasteiger partial charge in [-0.3, -0.25) is 9.89 Å². The molecule has 2 aromatic rings. The minimum atomic E-state index is 0.152. The molecule has 1 heterocycles. The van der Waals surface area contributed by atoms with E-state index in [0.29, 0.717) is 6.04 Å². The molecule has 5 nitrogen and oxygen atoms in total. The van der Waals surface area contributed by atoms with E-state index in [9.17, 15) is 4.79 Å². The number of hydrogen-bond donors (Lipinski definition) is 1. The summed E-state index contributed by atoms with van der Waals surface area (Å²) in [6, 6.07) is 8.32. The van der Waals surface area contributed by atoms with Gasteiger partial charge in [0.1, 0.15) is 5.75 Å². The van der Waals surface area contributed by atoms with E-state index < -0.39 is 0 Å². The number of carbonyl (C=O) groups excluding carboxylic acids is 1. The van der Waals surface area contributed by atoms with E-state index in [4.69, 9.17) is 4.74 Å². The maximum absolute atomic E-state index is 13.2. The van der Waals surface area contributed by atoms with E-state index >= 15 is 0 Å². The van der Waals surface area contributed by atoms with Gasteiger partial charge < -0.3 is 9.64 Å². The lowest BCUT2D eigenvalue weighted by atomic mass is 9.92. The van der Waals surface area contributed by atoms with Crippen LogP contribution in [0.2, 0.25) is 0 Å². The first kappa shape index (κ1) is 17.1. The zero-order valence-corrected chi connectivity index (χ0v) is 15.6. The van der Waals surface area contributed by atoms with E-state index in [0.717, 1.165) is 49.8 Å². The summed E-state index contributed by atoms with van der Waals surface area (Å²) in [6.07, 6.45) is 8.19. The number of carbonyl (C=O) groups is 1. The average Bonchev–Trinajstić information content (AvgIpc) is 3.38. The van der Waals surface area contributed by atoms with Gasteiger partial charge >= 0.3 is 0 Å². The number of ether oxygens (including phenoxy) is 1. The van der Waals surface area contributed by atoms with Crippen LogP contribution in [0.4, 0.5) is 0 Å². The molecule has 26 heavy (non-hydrogen) atoms. The standard InChI is InChI=1S/C21H27N3O2/c1-3-14(2)26-19-9-4-15(5-10-19)21(25)24(17-6-7-17)18-8-11-20-16(12-18)13-22-23-20/h4-5,9-10,13-14,17-18H,3,6-8,11-12H2,1-2H3,(H,22,23). The van der Waals surface area contributed by atoms with Crippen molar-refractivity contribution in [3.05, 3.63) is 47.3 Å². The van der Waals surface area contributed by atoms with Gasteiger partial charge in [0, 0.05) is 23.3 Å². The van der Waals surface area contributed by atoms with Crippen molar-refractivity contribution in [2.75, 3.05) is 0 Å². The molecule has 1 amide bonds. The van der Waals surface area contributed by atoms with Crippen LogP contribution in [0.1, 0.15) is 61.1 Å². The summed E-state index contributed by atoms with van der Waals surface area (Å²) < 4.78 is 5.83. The van der Waals surface area contributed by atoms with Crippen LogP contribution in [0.25, 0.3) is 0 Å². The van der Waals surface area contributed by atoms with Gasteiger partial charge in [-0.25, -0.2) is 0 Å². The largest absolute Gasteiger partial charge is 0.491 e. The molecule has 0 radical (unpaired) electrons. The van der Waals surface area contributed by atoms with Gasteiger partial charge in [-0.15, -0.1) is 0 Å². The van der Waals surface area contributed by atoms with E-state index in [-0.39, 0.29) is 18.1 Å². The summed E-state index contributed by atoms with van der Waals surface area (Å²) in [5, 5.41) is 7.24. The Labute approximate surface area is 154 Å². The van der Waals surface area contributed by atoms with Crippen molar-refractivity contribution in [2.45, 2.75) is 70.6 Å². The molecule has 138 valence electrons. The van der Waals surface area contributed by atoms with Gasteiger partial charge in [0.2, 0.25) is 0 Å². The summed E-state index contributed by atoms with van der Waals surface area (Å²) in [6.45, 7) is 4.16. The molecule has 1 N–H and O–H groups in total. The molecule has 0 aliphatic heterocycles. The molecule has 4 rings (SSSR count). The van der Waals surface area contributed by atoms with E-state index in [1.807, 2.05) is 30.5 Å². The number of nitrogens with one attached hydrogen (secondary N) is 1. The second-order valence-corrected chi connectivity index (χ2v) is 7.58. The fourth-order valence-electron chi connectivity index (χ4n) is 3.76. The number of H-pyrrole nitrogens is 1. The lowest BCUT2D eigenvalue weighted by Gasteiger charge is -2.34. The van der Waals surface area contributed by atoms with Gasteiger partial charge in [0.25, 0.3) is 5.91 Å². The van der Waals surface area contributed by atoms with E-state index in [1.54, 1.807) is 0 Å². The Morgan fingerprint density at radius 1 is 1.27 bits per heavy atom.